The van der Waals surface area contributed by atoms with Crippen molar-refractivity contribution >= 4 is 25.7 Å². The molecule has 0 atom stereocenters. The Morgan fingerprint density at radius 1 is 1.30 bits per heavy atom. The van der Waals surface area contributed by atoms with E-state index in [1.807, 2.05) is 6.07 Å². The average molecular weight is 318 g/mol. The van der Waals surface area contributed by atoms with Crippen LogP contribution in [0.2, 0.25) is 0 Å². The number of nitrogens with one attached hydrogen (secondary N) is 2. The van der Waals surface area contributed by atoms with Crippen molar-refractivity contribution in [1.82, 2.24) is 9.44 Å². The maximum Gasteiger partial charge on any atom is 0.242 e. The molecule has 0 amide bonds. The summed E-state index contributed by atoms with van der Waals surface area (Å²) in [5.41, 5.74) is 5.73. The molecule has 0 saturated heterocycles. The summed E-state index contributed by atoms with van der Waals surface area (Å²) in [6.07, 6.45) is 0. The smallest absolute Gasteiger partial charge is 0.242 e. The second kappa shape index (κ2) is 6.19. The number of nitrogens with zero attached hydrogens (tertiary/aromatic N) is 1. The highest BCUT2D eigenvalue weighted by Gasteiger charge is 2.18. The molecule has 10 heteroatoms. The quantitative estimate of drug-likeness (QED) is 0.572. The molecule has 110 valence electrons. The molecule has 0 radical (unpaired) electrons. The molecule has 0 fully saturated rings. The molecule has 0 aromatic heterocycles. The Morgan fingerprint density at radius 3 is 2.45 bits per heavy atom. The van der Waals surface area contributed by atoms with E-state index in [1.54, 1.807) is 0 Å². The maximum atomic E-state index is 11.9. The summed E-state index contributed by atoms with van der Waals surface area (Å²) in [6, 6.07) is 5.58. The molecule has 0 bridgehead atoms. The van der Waals surface area contributed by atoms with Crippen molar-refractivity contribution in [2.24, 2.45) is 0 Å². The van der Waals surface area contributed by atoms with Crippen molar-refractivity contribution in [3.63, 3.8) is 0 Å². The van der Waals surface area contributed by atoms with E-state index >= 15 is 0 Å². The minimum absolute atomic E-state index is 0.0759. The summed E-state index contributed by atoms with van der Waals surface area (Å²) in [6.45, 7) is -0.287. The lowest BCUT2D eigenvalue weighted by atomic mass is 10.2. The average Bonchev–Trinajstić information content (AvgIpc) is 2.37. The summed E-state index contributed by atoms with van der Waals surface area (Å²) < 4.78 is 50.4. The lowest BCUT2D eigenvalue weighted by Crippen LogP contribution is -2.33. The number of nitriles is 1. The second-order valence-corrected chi connectivity index (χ2v) is 7.57. The molecular weight excluding hydrogens is 304 g/mol. The van der Waals surface area contributed by atoms with Gasteiger partial charge in [-0.05, 0) is 25.2 Å². The first-order valence-corrected chi connectivity index (χ1v) is 8.56. The van der Waals surface area contributed by atoms with Crippen LogP contribution in [0.4, 0.5) is 5.69 Å². The summed E-state index contributed by atoms with van der Waals surface area (Å²) in [5.74, 6) is -0.390. The Bertz CT molecular complexity index is 735. The monoisotopic (exact) mass is 318 g/mol. The summed E-state index contributed by atoms with van der Waals surface area (Å²) in [7, 11) is -6.18. The van der Waals surface area contributed by atoms with E-state index in [0.29, 0.717) is 0 Å². The van der Waals surface area contributed by atoms with Gasteiger partial charge in [0.25, 0.3) is 0 Å². The molecule has 1 aromatic rings. The first kappa shape index (κ1) is 16.4. The van der Waals surface area contributed by atoms with Crippen molar-refractivity contribution < 1.29 is 16.8 Å². The predicted octanol–water partition coefficient (Wildman–Crippen LogP) is -1.03. The molecule has 0 aliphatic carbocycles. The van der Waals surface area contributed by atoms with Gasteiger partial charge in [0.15, 0.2) is 0 Å². The van der Waals surface area contributed by atoms with Crippen LogP contribution in [-0.2, 0) is 20.0 Å². The molecule has 20 heavy (non-hydrogen) atoms. The zero-order valence-corrected chi connectivity index (χ0v) is 12.3. The Labute approximate surface area is 117 Å². The van der Waals surface area contributed by atoms with Crippen LogP contribution in [0.25, 0.3) is 0 Å². The van der Waals surface area contributed by atoms with Crippen molar-refractivity contribution in [3.05, 3.63) is 23.8 Å². The van der Waals surface area contributed by atoms with Gasteiger partial charge in [0.1, 0.15) is 4.90 Å². The van der Waals surface area contributed by atoms with Crippen molar-refractivity contribution in [1.29, 1.82) is 5.26 Å². The van der Waals surface area contributed by atoms with Crippen molar-refractivity contribution in [2.75, 3.05) is 25.1 Å². The van der Waals surface area contributed by atoms with Crippen LogP contribution in [-0.4, -0.2) is 36.2 Å². The molecule has 4 N–H and O–H groups in total. The van der Waals surface area contributed by atoms with E-state index in [-0.39, 0.29) is 28.4 Å². The number of hydrogen-bond acceptors (Lipinski definition) is 6. The van der Waals surface area contributed by atoms with E-state index in [0.717, 1.165) is 0 Å². The van der Waals surface area contributed by atoms with Crippen LogP contribution in [0, 0.1) is 11.3 Å². The van der Waals surface area contributed by atoms with Crippen LogP contribution in [0.1, 0.15) is 5.56 Å². The van der Waals surface area contributed by atoms with Gasteiger partial charge in [-0.1, -0.05) is 0 Å². The molecule has 0 aliphatic heterocycles. The van der Waals surface area contributed by atoms with E-state index < -0.39 is 20.0 Å². The standard InChI is InChI=1S/C10H14N4O4S2/c1-13-19(15,16)5-4-14-20(17,18)10-3-2-8(7-11)6-9(10)12/h2-3,6,13-14H,4-5,12H2,1H3. The minimum Gasteiger partial charge on any atom is -0.398 e. The normalized spacial score (nSPS) is 12.0. The fourth-order valence-corrected chi connectivity index (χ4v) is 3.20. The Hall–Kier alpha value is -1.67. The molecular formula is C10H14N4O4S2. The van der Waals surface area contributed by atoms with Gasteiger partial charge in [-0.15, -0.1) is 0 Å². The number of benzene rings is 1. The van der Waals surface area contributed by atoms with E-state index in [1.165, 1.54) is 25.2 Å². The summed E-state index contributed by atoms with van der Waals surface area (Å²) in [4.78, 5) is -0.196. The third-order valence-corrected chi connectivity index (χ3v) is 5.30. The number of rotatable bonds is 6. The lowest BCUT2D eigenvalue weighted by Gasteiger charge is -2.09. The largest absolute Gasteiger partial charge is 0.398 e. The molecule has 0 aliphatic rings. The predicted molar refractivity (Wildman–Crippen MR) is 73.6 cm³/mol. The van der Waals surface area contributed by atoms with Crippen LogP contribution >= 0.6 is 0 Å². The number of sulfonamides is 2. The topological polar surface area (TPSA) is 142 Å². The SMILES string of the molecule is CNS(=O)(=O)CCNS(=O)(=O)c1ccc(C#N)cc1N. The Balaban J connectivity index is 2.88. The zero-order valence-electron chi connectivity index (χ0n) is 10.6. The maximum absolute atomic E-state index is 11.9. The summed E-state index contributed by atoms with van der Waals surface area (Å²) in [5, 5.41) is 8.67. The van der Waals surface area contributed by atoms with Crippen molar-refractivity contribution in [2.45, 2.75) is 4.90 Å². The molecule has 1 aromatic carbocycles. The highest BCUT2D eigenvalue weighted by molar-refractivity contribution is 7.90. The van der Waals surface area contributed by atoms with Crippen molar-refractivity contribution in [3.8, 4) is 6.07 Å². The van der Waals surface area contributed by atoms with E-state index in [9.17, 15) is 16.8 Å². The fourth-order valence-electron chi connectivity index (χ4n) is 1.35. The van der Waals surface area contributed by atoms with Gasteiger partial charge in [0.05, 0.1) is 23.1 Å². The zero-order chi connectivity index (χ0) is 15.4. The molecule has 0 saturated carbocycles. The van der Waals surface area contributed by atoms with Gasteiger partial charge in [-0.2, -0.15) is 5.26 Å². The van der Waals surface area contributed by atoms with Crippen LogP contribution in [0.3, 0.4) is 0 Å². The first-order valence-electron chi connectivity index (χ1n) is 5.42. The van der Waals surface area contributed by atoms with Gasteiger partial charge in [0.2, 0.25) is 20.0 Å². The van der Waals surface area contributed by atoms with Gasteiger partial charge in [-0.3, -0.25) is 0 Å². The second-order valence-electron chi connectivity index (χ2n) is 3.79. The van der Waals surface area contributed by atoms with Crippen LogP contribution < -0.4 is 15.2 Å². The van der Waals surface area contributed by atoms with Crippen LogP contribution in [0.5, 0.6) is 0 Å². The van der Waals surface area contributed by atoms with Gasteiger partial charge < -0.3 is 5.73 Å². The van der Waals surface area contributed by atoms with E-state index in [4.69, 9.17) is 11.0 Å². The third kappa shape index (κ3) is 4.17. The molecule has 0 spiro atoms. The number of nitrogens with two attached hydrogens (primary N) is 1. The first-order chi connectivity index (χ1) is 9.22. The summed E-state index contributed by atoms with van der Waals surface area (Å²) >= 11 is 0. The lowest BCUT2D eigenvalue weighted by molar-refractivity contribution is 0.579. The molecule has 0 heterocycles. The molecule has 1 rings (SSSR count). The van der Waals surface area contributed by atoms with Gasteiger partial charge in [-0.25, -0.2) is 26.3 Å². The van der Waals surface area contributed by atoms with Gasteiger partial charge >= 0.3 is 0 Å². The van der Waals surface area contributed by atoms with Gasteiger partial charge in [0, 0.05) is 6.54 Å². The fraction of sp³-hybridized carbons (Fsp3) is 0.300. The molecule has 8 nitrogen and oxygen atoms in total. The molecule has 0 unspecified atom stereocenters. The third-order valence-electron chi connectivity index (χ3n) is 2.40. The number of hydrogen-bond donors (Lipinski definition) is 3. The number of anilines is 1. The number of nitrogen functional groups attached to an aromatic ring is 1. The minimum atomic E-state index is -3.92. The Kier molecular flexibility index (Phi) is 5.07. The Morgan fingerprint density at radius 2 is 1.95 bits per heavy atom. The van der Waals surface area contributed by atoms with Crippen LogP contribution in [0.15, 0.2) is 23.1 Å². The highest BCUT2D eigenvalue weighted by atomic mass is 32.2. The highest BCUT2D eigenvalue weighted by Crippen LogP contribution is 2.19. The van der Waals surface area contributed by atoms with E-state index in [2.05, 4.69) is 9.44 Å².